The molecular formula is C36H48N2O5S. The number of likely N-dealkylation sites (tertiary alicyclic amines) is 1. The van der Waals surface area contributed by atoms with Gasteiger partial charge < -0.3 is 14.2 Å². The van der Waals surface area contributed by atoms with Crippen LogP contribution in [-0.4, -0.2) is 52.2 Å². The van der Waals surface area contributed by atoms with Gasteiger partial charge in [0.2, 0.25) is 10.0 Å². The highest BCUT2D eigenvalue weighted by Crippen LogP contribution is 2.30. The zero-order chi connectivity index (χ0) is 31.7. The Bertz CT molecular complexity index is 1470. The van der Waals surface area contributed by atoms with Crippen LogP contribution in [0.1, 0.15) is 82.6 Å². The Morgan fingerprint density at radius 3 is 2.16 bits per heavy atom. The second-order valence-electron chi connectivity index (χ2n) is 12.5. The van der Waals surface area contributed by atoms with Crippen LogP contribution in [0, 0.1) is 0 Å². The molecule has 1 N–H and O–H groups in total. The van der Waals surface area contributed by atoms with Crippen molar-refractivity contribution in [2.24, 2.45) is 0 Å². The Balaban J connectivity index is 1.40. The first-order chi connectivity index (χ1) is 20.9. The van der Waals surface area contributed by atoms with Crippen molar-refractivity contribution in [3.63, 3.8) is 0 Å². The molecule has 0 aromatic heterocycles. The molecule has 238 valence electrons. The highest BCUT2D eigenvalue weighted by atomic mass is 32.2. The lowest BCUT2D eigenvalue weighted by Crippen LogP contribution is -2.40. The van der Waals surface area contributed by atoms with Crippen molar-refractivity contribution in [3.8, 4) is 17.2 Å². The van der Waals surface area contributed by atoms with E-state index in [9.17, 15) is 8.42 Å². The van der Waals surface area contributed by atoms with E-state index in [0.717, 1.165) is 40.5 Å². The largest absolute Gasteiger partial charge is 0.497 e. The molecule has 3 aromatic rings. The molecule has 8 heteroatoms. The van der Waals surface area contributed by atoms with Crippen LogP contribution in [0.15, 0.2) is 77.7 Å². The number of sulfonamides is 1. The van der Waals surface area contributed by atoms with Gasteiger partial charge in [-0.15, -0.1) is 0 Å². The van der Waals surface area contributed by atoms with Gasteiger partial charge in [0.05, 0.1) is 12.0 Å². The van der Waals surface area contributed by atoms with Gasteiger partial charge >= 0.3 is 0 Å². The van der Waals surface area contributed by atoms with Gasteiger partial charge in [-0.1, -0.05) is 43.7 Å². The number of piperidine rings is 1. The normalized spacial score (nSPS) is 16.0. The average molecular weight is 621 g/mol. The fraction of sp³-hybridized carbons (Fsp3) is 0.444. The molecule has 44 heavy (non-hydrogen) atoms. The Kier molecular flexibility index (Phi) is 11.5. The van der Waals surface area contributed by atoms with E-state index in [1.165, 1.54) is 32.4 Å². The van der Waals surface area contributed by atoms with E-state index in [1.54, 1.807) is 19.2 Å². The van der Waals surface area contributed by atoms with Crippen LogP contribution in [0.3, 0.4) is 0 Å². The lowest BCUT2D eigenvalue weighted by Gasteiger charge is -2.26. The van der Waals surface area contributed by atoms with Crippen molar-refractivity contribution in [2.45, 2.75) is 76.3 Å². The maximum Gasteiger partial charge on any atom is 0.241 e. The van der Waals surface area contributed by atoms with E-state index in [0.29, 0.717) is 6.61 Å². The molecule has 4 rings (SSSR count). The SMILES string of the molecule is COc1ccc(C(C)Oc2ccc(OCCN3CCCCC3)cc2)c(/C=C\C(C)c2ccc(S(=O)(=O)NC(C)(C)C)cc2)c1. The van der Waals surface area contributed by atoms with E-state index in [2.05, 4.69) is 28.7 Å². The molecule has 2 atom stereocenters. The molecule has 7 nitrogen and oxygen atoms in total. The second-order valence-corrected chi connectivity index (χ2v) is 14.2. The van der Waals surface area contributed by atoms with Crippen molar-refractivity contribution >= 4 is 16.1 Å². The molecule has 1 aliphatic heterocycles. The maximum atomic E-state index is 12.7. The number of allylic oxidation sites excluding steroid dienone is 1. The zero-order valence-electron chi connectivity index (χ0n) is 27.0. The number of rotatable bonds is 13. The molecule has 0 spiro atoms. The minimum absolute atomic E-state index is 0.0556. The van der Waals surface area contributed by atoms with Crippen LogP contribution >= 0.6 is 0 Å². The van der Waals surface area contributed by atoms with Gasteiger partial charge in [-0.2, -0.15) is 0 Å². The summed E-state index contributed by atoms with van der Waals surface area (Å²) in [7, 11) is -1.92. The lowest BCUT2D eigenvalue weighted by atomic mass is 9.97. The molecule has 0 saturated carbocycles. The molecule has 0 radical (unpaired) electrons. The summed E-state index contributed by atoms with van der Waals surface area (Å²) in [5, 5.41) is 0. The first-order valence-electron chi connectivity index (χ1n) is 15.6. The van der Waals surface area contributed by atoms with Crippen LogP contribution in [0.25, 0.3) is 6.08 Å². The van der Waals surface area contributed by atoms with Gasteiger partial charge in [0.15, 0.2) is 0 Å². The molecule has 0 aliphatic carbocycles. The van der Waals surface area contributed by atoms with Crippen molar-refractivity contribution in [2.75, 3.05) is 33.4 Å². The third-order valence-corrected chi connectivity index (χ3v) is 9.49. The summed E-state index contributed by atoms with van der Waals surface area (Å²) < 4.78 is 45.9. The van der Waals surface area contributed by atoms with Crippen molar-refractivity contribution < 1.29 is 22.6 Å². The Labute approximate surface area is 264 Å². The fourth-order valence-corrected chi connectivity index (χ4v) is 6.74. The summed E-state index contributed by atoms with van der Waals surface area (Å²) >= 11 is 0. The van der Waals surface area contributed by atoms with Gasteiger partial charge in [0.1, 0.15) is 30.0 Å². The highest BCUT2D eigenvalue weighted by Gasteiger charge is 2.22. The molecule has 3 aromatic carbocycles. The summed E-state index contributed by atoms with van der Waals surface area (Å²) in [4.78, 5) is 2.73. The van der Waals surface area contributed by atoms with E-state index in [4.69, 9.17) is 14.2 Å². The van der Waals surface area contributed by atoms with Gasteiger partial charge in [-0.25, -0.2) is 13.1 Å². The molecule has 1 fully saturated rings. The van der Waals surface area contributed by atoms with Gasteiger partial charge in [0, 0.05) is 12.1 Å². The smallest absolute Gasteiger partial charge is 0.241 e. The topological polar surface area (TPSA) is 77.1 Å². The van der Waals surface area contributed by atoms with Crippen LogP contribution in [0.4, 0.5) is 0 Å². The maximum absolute atomic E-state index is 12.7. The molecule has 0 bridgehead atoms. The third kappa shape index (κ3) is 9.84. The molecule has 2 unspecified atom stereocenters. The van der Waals surface area contributed by atoms with Crippen LogP contribution in [0.2, 0.25) is 0 Å². The number of methoxy groups -OCH3 is 1. The van der Waals surface area contributed by atoms with Crippen LogP contribution < -0.4 is 18.9 Å². The summed E-state index contributed by atoms with van der Waals surface area (Å²) in [5.74, 6) is 2.44. The molecule has 1 heterocycles. The number of hydrogen-bond acceptors (Lipinski definition) is 6. The molecular weight excluding hydrogens is 572 g/mol. The fourth-order valence-electron chi connectivity index (χ4n) is 5.32. The van der Waals surface area contributed by atoms with E-state index >= 15 is 0 Å². The predicted octanol–water partition coefficient (Wildman–Crippen LogP) is 7.59. The second kappa shape index (κ2) is 15.1. The van der Waals surface area contributed by atoms with Crippen molar-refractivity contribution in [1.82, 2.24) is 9.62 Å². The van der Waals surface area contributed by atoms with Gasteiger partial charge in [-0.3, -0.25) is 4.90 Å². The van der Waals surface area contributed by atoms with Gasteiger partial charge in [0.25, 0.3) is 0 Å². The Morgan fingerprint density at radius 2 is 1.52 bits per heavy atom. The first kappa shape index (κ1) is 33.6. The van der Waals surface area contributed by atoms with E-state index in [-0.39, 0.29) is 16.9 Å². The van der Waals surface area contributed by atoms with Crippen molar-refractivity contribution in [1.29, 1.82) is 0 Å². The molecule has 1 saturated heterocycles. The highest BCUT2D eigenvalue weighted by molar-refractivity contribution is 7.89. The van der Waals surface area contributed by atoms with E-state index < -0.39 is 15.6 Å². The Morgan fingerprint density at radius 1 is 0.886 bits per heavy atom. The summed E-state index contributed by atoms with van der Waals surface area (Å²) in [6.07, 6.45) is 7.89. The first-order valence-corrected chi connectivity index (χ1v) is 17.0. The third-order valence-electron chi connectivity index (χ3n) is 7.71. The number of nitrogens with one attached hydrogen (secondary N) is 1. The minimum Gasteiger partial charge on any atom is -0.497 e. The molecule has 0 amide bonds. The predicted molar refractivity (Wildman–Crippen MR) is 178 cm³/mol. The summed E-state index contributed by atoms with van der Waals surface area (Å²) in [6.45, 7) is 13.6. The quantitative estimate of drug-likeness (QED) is 0.212. The number of benzene rings is 3. The number of nitrogens with zero attached hydrogens (tertiary/aromatic N) is 1. The molecule has 1 aliphatic rings. The zero-order valence-corrected chi connectivity index (χ0v) is 27.8. The minimum atomic E-state index is -3.58. The van der Waals surface area contributed by atoms with Gasteiger partial charge in [-0.05, 0) is 125 Å². The van der Waals surface area contributed by atoms with Crippen molar-refractivity contribution in [3.05, 3.63) is 89.5 Å². The standard InChI is InChI=1S/C36H48N2O5S/c1-27(29-12-19-34(20-13-29)44(39,40)37-36(3,4)5)10-11-30-26-33(41-6)18-21-35(30)28(2)43-32-16-14-31(15-17-32)42-25-24-38-22-8-7-9-23-38/h10-21,26-28,37H,7-9,22-25H2,1-6H3/b11-10-. The monoisotopic (exact) mass is 620 g/mol. The number of ether oxygens (including phenoxy) is 3. The van der Waals surface area contributed by atoms with Crippen LogP contribution in [-0.2, 0) is 10.0 Å². The Hall–Kier alpha value is -3.33. The summed E-state index contributed by atoms with van der Waals surface area (Å²) in [6, 6.07) is 20.9. The average Bonchev–Trinajstić information content (AvgIpc) is 3.00. The summed E-state index contributed by atoms with van der Waals surface area (Å²) in [5.41, 5.74) is 2.50. The number of hydrogen-bond donors (Lipinski definition) is 1. The lowest BCUT2D eigenvalue weighted by molar-refractivity contribution is 0.183. The van der Waals surface area contributed by atoms with E-state index in [1.807, 2.05) is 82.3 Å². The van der Waals surface area contributed by atoms with Crippen LogP contribution in [0.5, 0.6) is 17.2 Å².